The van der Waals surface area contributed by atoms with E-state index in [9.17, 15) is 9.59 Å². The number of nitrogens with one attached hydrogen (secondary N) is 3. The summed E-state index contributed by atoms with van der Waals surface area (Å²) in [6.45, 7) is 0. The lowest BCUT2D eigenvalue weighted by Gasteiger charge is -2.05. The van der Waals surface area contributed by atoms with E-state index in [1.807, 2.05) is 46.4 Å². The number of hydrogen-bond donors (Lipinski definition) is 3. The molecule has 5 rings (SSSR count). The maximum Gasteiger partial charge on any atom is 0.279 e. The predicted octanol–water partition coefficient (Wildman–Crippen LogP) is 3.10. The highest BCUT2D eigenvalue weighted by Crippen LogP contribution is 2.28. The number of amides is 2. The van der Waals surface area contributed by atoms with Gasteiger partial charge < -0.3 is 4.98 Å². The Bertz CT molecular complexity index is 1310. The number of aromatic nitrogens is 3. The van der Waals surface area contributed by atoms with E-state index in [1.54, 1.807) is 17.4 Å². The van der Waals surface area contributed by atoms with Crippen molar-refractivity contribution in [1.29, 1.82) is 0 Å². The van der Waals surface area contributed by atoms with Crippen LogP contribution in [-0.2, 0) is 11.2 Å². The second-order valence-corrected chi connectivity index (χ2v) is 7.91. The molecule has 4 aromatic heterocycles. The summed E-state index contributed by atoms with van der Waals surface area (Å²) in [6.07, 6.45) is 3.91. The van der Waals surface area contributed by atoms with Gasteiger partial charge in [-0.05, 0) is 17.7 Å². The number of benzene rings is 1. The van der Waals surface area contributed by atoms with Crippen LogP contribution in [0.25, 0.3) is 26.2 Å². The maximum absolute atomic E-state index is 12.3. The number of carbonyl (C=O) groups is 2. The molecule has 0 aliphatic heterocycles. The van der Waals surface area contributed by atoms with Crippen LogP contribution in [0, 0.1) is 0 Å². The molecule has 134 valence electrons. The molecule has 2 amide bonds. The van der Waals surface area contributed by atoms with Gasteiger partial charge in [0, 0.05) is 28.7 Å². The monoisotopic (exact) mass is 395 g/mol. The van der Waals surface area contributed by atoms with Crippen molar-refractivity contribution < 1.29 is 9.59 Å². The van der Waals surface area contributed by atoms with Crippen LogP contribution < -0.4 is 10.9 Å². The maximum atomic E-state index is 12.3. The summed E-state index contributed by atoms with van der Waals surface area (Å²) in [5.74, 6) is -0.634. The Hall–Kier alpha value is -3.17. The summed E-state index contributed by atoms with van der Waals surface area (Å²) in [4.78, 5) is 34.4. The third kappa shape index (κ3) is 2.77. The van der Waals surface area contributed by atoms with Gasteiger partial charge in [0.2, 0.25) is 5.91 Å². The van der Waals surface area contributed by atoms with Gasteiger partial charge in [0.1, 0.15) is 4.83 Å². The standard InChI is InChI=1S/C18H13N5O2S2/c24-15(7-10-9-19-12-4-2-1-3-11(10)12)21-22-16(25)14-8-13-17(27-14)20-18-23(13)5-6-26-18/h1-6,8-9,19H,7H2,(H,21,24)(H,22,25). The molecule has 0 fully saturated rings. The van der Waals surface area contributed by atoms with Crippen molar-refractivity contribution in [2.24, 2.45) is 0 Å². The van der Waals surface area contributed by atoms with Crippen molar-refractivity contribution >= 4 is 60.7 Å². The number of nitrogens with zero attached hydrogens (tertiary/aromatic N) is 2. The number of thiazole rings is 1. The zero-order valence-electron chi connectivity index (χ0n) is 13.9. The molecule has 1 aromatic carbocycles. The van der Waals surface area contributed by atoms with Crippen LogP contribution in [0.1, 0.15) is 15.2 Å². The zero-order valence-corrected chi connectivity index (χ0v) is 15.5. The van der Waals surface area contributed by atoms with Crippen LogP contribution in [0.4, 0.5) is 0 Å². The number of imidazole rings is 1. The van der Waals surface area contributed by atoms with Crippen molar-refractivity contribution in [2.75, 3.05) is 0 Å². The first-order valence-corrected chi connectivity index (χ1v) is 9.88. The number of para-hydroxylation sites is 1. The van der Waals surface area contributed by atoms with Crippen molar-refractivity contribution in [2.45, 2.75) is 6.42 Å². The summed E-state index contributed by atoms with van der Waals surface area (Å²) in [7, 11) is 0. The molecule has 7 nitrogen and oxygen atoms in total. The number of rotatable bonds is 3. The largest absolute Gasteiger partial charge is 0.361 e. The second-order valence-electron chi connectivity index (χ2n) is 6.01. The Morgan fingerprint density at radius 1 is 1.22 bits per heavy atom. The third-order valence-electron chi connectivity index (χ3n) is 4.30. The van der Waals surface area contributed by atoms with E-state index in [0.717, 1.165) is 31.8 Å². The Balaban J connectivity index is 1.27. The van der Waals surface area contributed by atoms with E-state index in [-0.39, 0.29) is 18.2 Å². The van der Waals surface area contributed by atoms with E-state index in [1.165, 1.54) is 11.3 Å². The van der Waals surface area contributed by atoms with Crippen LogP contribution in [0.2, 0.25) is 0 Å². The average molecular weight is 395 g/mol. The van der Waals surface area contributed by atoms with Crippen molar-refractivity contribution in [3.63, 3.8) is 0 Å². The Morgan fingerprint density at radius 2 is 2.11 bits per heavy atom. The van der Waals surface area contributed by atoms with Gasteiger partial charge in [-0.25, -0.2) is 4.98 Å². The third-order valence-corrected chi connectivity index (χ3v) is 6.08. The fourth-order valence-corrected chi connectivity index (χ4v) is 4.74. The van der Waals surface area contributed by atoms with E-state index in [4.69, 9.17) is 0 Å². The zero-order chi connectivity index (χ0) is 18.4. The first-order chi connectivity index (χ1) is 13.2. The van der Waals surface area contributed by atoms with Crippen LogP contribution in [0.3, 0.4) is 0 Å². The van der Waals surface area contributed by atoms with Gasteiger partial charge in [0.25, 0.3) is 5.91 Å². The summed E-state index contributed by atoms with van der Waals surface area (Å²) in [5, 5.41) is 2.95. The molecule has 0 saturated carbocycles. The molecule has 5 aromatic rings. The van der Waals surface area contributed by atoms with E-state index in [2.05, 4.69) is 20.8 Å². The average Bonchev–Trinajstić information content (AvgIpc) is 3.41. The summed E-state index contributed by atoms with van der Waals surface area (Å²) < 4.78 is 1.95. The van der Waals surface area contributed by atoms with Gasteiger partial charge in [-0.15, -0.1) is 22.7 Å². The highest BCUT2D eigenvalue weighted by Gasteiger charge is 2.16. The van der Waals surface area contributed by atoms with Crippen molar-refractivity contribution in [3.05, 3.63) is 58.5 Å². The molecule has 0 spiro atoms. The fourth-order valence-electron chi connectivity index (χ4n) is 3.04. The first kappa shape index (κ1) is 16.0. The van der Waals surface area contributed by atoms with E-state index < -0.39 is 0 Å². The number of fused-ring (bicyclic) bond motifs is 4. The number of thiophene rings is 1. The number of hydrazine groups is 1. The number of hydrogen-bond acceptors (Lipinski definition) is 5. The van der Waals surface area contributed by atoms with E-state index in [0.29, 0.717) is 4.88 Å². The first-order valence-electron chi connectivity index (χ1n) is 8.18. The molecule has 3 N–H and O–H groups in total. The Kier molecular flexibility index (Phi) is 3.69. The Morgan fingerprint density at radius 3 is 3.04 bits per heavy atom. The molecule has 4 heterocycles. The summed E-state index contributed by atoms with van der Waals surface area (Å²) in [5.41, 5.74) is 7.72. The fraction of sp³-hybridized carbons (Fsp3) is 0.0556. The van der Waals surface area contributed by atoms with Gasteiger partial charge in [0.05, 0.1) is 16.8 Å². The van der Waals surface area contributed by atoms with E-state index >= 15 is 0 Å². The minimum absolute atomic E-state index is 0.175. The predicted molar refractivity (Wildman–Crippen MR) is 106 cm³/mol. The molecule has 0 radical (unpaired) electrons. The molecule has 0 atom stereocenters. The lowest BCUT2D eigenvalue weighted by Crippen LogP contribution is -2.42. The normalized spacial score (nSPS) is 11.4. The number of carbonyl (C=O) groups excluding carboxylic acids is 2. The molecular formula is C18H13N5O2S2. The Labute approximate surface area is 160 Å². The number of H-pyrrole nitrogens is 1. The smallest absolute Gasteiger partial charge is 0.279 e. The van der Waals surface area contributed by atoms with Gasteiger partial charge in [-0.1, -0.05) is 18.2 Å². The summed E-state index contributed by atoms with van der Waals surface area (Å²) >= 11 is 2.85. The van der Waals surface area contributed by atoms with Crippen LogP contribution in [0.5, 0.6) is 0 Å². The highest BCUT2D eigenvalue weighted by molar-refractivity contribution is 7.21. The van der Waals surface area contributed by atoms with Crippen molar-refractivity contribution in [1.82, 2.24) is 25.2 Å². The second kappa shape index (κ2) is 6.22. The molecule has 0 unspecified atom stereocenters. The van der Waals surface area contributed by atoms with Crippen molar-refractivity contribution in [3.8, 4) is 0 Å². The lowest BCUT2D eigenvalue weighted by atomic mass is 10.1. The molecule has 0 aliphatic rings. The molecule has 27 heavy (non-hydrogen) atoms. The molecule has 0 aliphatic carbocycles. The van der Waals surface area contributed by atoms with Gasteiger partial charge in [-0.2, -0.15) is 0 Å². The highest BCUT2D eigenvalue weighted by atomic mass is 32.1. The lowest BCUT2D eigenvalue weighted by molar-refractivity contribution is -0.121. The van der Waals surface area contributed by atoms with Crippen LogP contribution >= 0.6 is 22.7 Å². The van der Waals surface area contributed by atoms with Gasteiger partial charge in [0.15, 0.2) is 4.96 Å². The van der Waals surface area contributed by atoms with Crippen LogP contribution in [0.15, 0.2) is 48.1 Å². The minimum Gasteiger partial charge on any atom is -0.361 e. The number of aromatic amines is 1. The summed E-state index contributed by atoms with van der Waals surface area (Å²) in [6, 6.07) is 9.56. The van der Waals surface area contributed by atoms with Gasteiger partial charge >= 0.3 is 0 Å². The SMILES string of the molecule is O=C(Cc1c[nH]c2ccccc12)NNC(=O)c1cc2c(nc3sccn32)s1. The molecule has 9 heteroatoms. The molecular weight excluding hydrogens is 382 g/mol. The quantitative estimate of drug-likeness (QED) is 0.410. The van der Waals surface area contributed by atoms with Gasteiger partial charge in [-0.3, -0.25) is 24.8 Å². The molecule has 0 bridgehead atoms. The topological polar surface area (TPSA) is 91.3 Å². The molecule has 0 saturated heterocycles. The van der Waals surface area contributed by atoms with Crippen LogP contribution in [-0.4, -0.2) is 26.2 Å². The minimum atomic E-state index is -0.353.